The molecular formula is C14H9BrFN. The summed E-state index contributed by atoms with van der Waals surface area (Å²) in [7, 11) is 0. The predicted octanol–water partition coefficient (Wildman–Crippen LogP) is 4.74. The Morgan fingerprint density at radius 3 is 2.35 bits per heavy atom. The van der Waals surface area contributed by atoms with Gasteiger partial charge in [0.15, 0.2) is 0 Å². The Kier molecular flexibility index (Phi) is 2.48. The quantitative estimate of drug-likeness (QED) is 0.666. The lowest BCUT2D eigenvalue weighted by Gasteiger charge is -1.98. The largest absolute Gasteiger partial charge is 0.354 e. The first-order chi connectivity index (χ1) is 8.25. The number of aromatic nitrogens is 1. The number of nitrogens with one attached hydrogen (secondary N) is 1. The molecule has 3 rings (SSSR count). The number of para-hydroxylation sites is 1. The molecule has 0 saturated heterocycles. The molecule has 0 bridgehead atoms. The van der Waals surface area contributed by atoms with Gasteiger partial charge in [0, 0.05) is 10.9 Å². The summed E-state index contributed by atoms with van der Waals surface area (Å²) in [6, 6.07) is 14.5. The van der Waals surface area contributed by atoms with Crippen LogP contribution >= 0.6 is 15.9 Å². The van der Waals surface area contributed by atoms with Crippen LogP contribution in [0.4, 0.5) is 4.39 Å². The van der Waals surface area contributed by atoms with Crippen molar-refractivity contribution in [3.63, 3.8) is 0 Å². The number of H-pyrrole nitrogens is 1. The van der Waals surface area contributed by atoms with E-state index in [1.807, 2.05) is 24.3 Å². The molecular weight excluding hydrogens is 281 g/mol. The zero-order chi connectivity index (χ0) is 11.8. The molecule has 84 valence electrons. The second-order valence-corrected chi connectivity index (χ2v) is 4.66. The maximum Gasteiger partial charge on any atom is 0.123 e. The Balaban J connectivity index is 2.24. The molecule has 0 spiro atoms. The number of fused-ring (bicyclic) bond motifs is 1. The number of hydrogen-bond donors (Lipinski definition) is 1. The van der Waals surface area contributed by atoms with Crippen molar-refractivity contribution < 1.29 is 4.39 Å². The Labute approximate surface area is 106 Å². The van der Waals surface area contributed by atoms with Gasteiger partial charge in [-0.3, -0.25) is 0 Å². The smallest absolute Gasteiger partial charge is 0.123 e. The van der Waals surface area contributed by atoms with Gasteiger partial charge >= 0.3 is 0 Å². The highest BCUT2D eigenvalue weighted by molar-refractivity contribution is 9.10. The molecule has 1 nitrogen and oxygen atoms in total. The van der Waals surface area contributed by atoms with Crippen LogP contribution in [0.2, 0.25) is 0 Å². The number of halogens is 2. The van der Waals surface area contributed by atoms with Gasteiger partial charge in [0.1, 0.15) is 5.82 Å². The first-order valence-corrected chi connectivity index (χ1v) is 6.07. The summed E-state index contributed by atoms with van der Waals surface area (Å²) in [5, 5.41) is 1.13. The first kappa shape index (κ1) is 10.5. The van der Waals surface area contributed by atoms with Crippen LogP contribution in [0, 0.1) is 5.82 Å². The lowest BCUT2D eigenvalue weighted by Crippen LogP contribution is -1.79. The van der Waals surface area contributed by atoms with E-state index in [1.54, 1.807) is 12.1 Å². The van der Waals surface area contributed by atoms with Crippen LogP contribution in [0.3, 0.4) is 0 Å². The summed E-state index contributed by atoms with van der Waals surface area (Å²) in [6.45, 7) is 0. The van der Waals surface area contributed by atoms with E-state index in [0.717, 1.165) is 26.6 Å². The average Bonchev–Trinajstić information content (AvgIpc) is 2.69. The Morgan fingerprint density at radius 1 is 0.941 bits per heavy atom. The maximum absolute atomic E-state index is 12.9. The summed E-state index contributed by atoms with van der Waals surface area (Å²) < 4.78 is 13.9. The highest BCUT2D eigenvalue weighted by Crippen LogP contribution is 2.34. The number of benzene rings is 2. The standard InChI is InChI=1S/C14H9BrFN/c15-13-11-3-1-2-4-12(11)17-14(13)9-5-7-10(16)8-6-9/h1-8,17H. The second kappa shape index (κ2) is 4.00. The molecule has 17 heavy (non-hydrogen) atoms. The van der Waals surface area contributed by atoms with E-state index in [0.29, 0.717) is 0 Å². The monoisotopic (exact) mass is 289 g/mol. The summed E-state index contributed by atoms with van der Waals surface area (Å²) in [4.78, 5) is 3.33. The van der Waals surface area contributed by atoms with Crippen LogP contribution in [0.15, 0.2) is 53.0 Å². The minimum absolute atomic E-state index is 0.221. The predicted molar refractivity (Wildman–Crippen MR) is 71.4 cm³/mol. The van der Waals surface area contributed by atoms with Crippen molar-refractivity contribution in [1.82, 2.24) is 4.98 Å². The van der Waals surface area contributed by atoms with E-state index in [4.69, 9.17) is 0 Å². The minimum atomic E-state index is -0.221. The van der Waals surface area contributed by atoms with Gasteiger partial charge in [-0.05, 0) is 51.8 Å². The lowest BCUT2D eigenvalue weighted by molar-refractivity contribution is 0.628. The van der Waals surface area contributed by atoms with Crippen molar-refractivity contribution >= 4 is 26.8 Å². The fourth-order valence-electron chi connectivity index (χ4n) is 1.92. The fourth-order valence-corrected chi connectivity index (χ4v) is 2.60. The average molecular weight is 290 g/mol. The third kappa shape index (κ3) is 1.76. The van der Waals surface area contributed by atoms with Crippen molar-refractivity contribution in [2.24, 2.45) is 0 Å². The van der Waals surface area contributed by atoms with Crippen LogP contribution < -0.4 is 0 Å². The van der Waals surface area contributed by atoms with Crippen molar-refractivity contribution in [3.05, 3.63) is 58.8 Å². The zero-order valence-corrected chi connectivity index (χ0v) is 10.5. The van der Waals surface area contributed by atoms with E-state index in [2.05, 4.69) is 20.9 Å². The first-order valence-electron chi connectivity index (χ1n) is 5.28. The molecule has 0 aliphatic heterocycles. The Morgan fingerprint density at radius 2 is 1.65 bits per heavy atom. The highest BCUT2D eigenvalue weighted by Gasteiger charge is 2.09. The molecule has 3 heteroatoms. The molecule has 0 unspecified atom stereocenters. The fraction of sp³-hybridized carbons (Fsp3) is 0. The number of hydrogen-bond acceptors (Lipinski definition) is 0. The van der Waals surface area contributed by atoms with Gasteiger partial charge in [0.05, 0.1) is 10.2 Å². The van der Waals surface area contributed by atoms with Crippen molar-refractivity contribution in [1.29, 1.82) is 0 Å². The second-order valence-electron chi connectivity index (χ2n) is 3.87. The van der Waals surface area contributed by atoms with E-state index in [-0.39, 0.29) is 5.82 Å². The van der Waals surface area contributed by atoms with Crippen LogP contribution in [0.25, 0.3) is 22.2 Å². The van der Waals surface area contributed by atoms with Gasteiger partial charge in [0.2, 0.25) is 0 Å². The van der Waals surface area contributed by atoms with Gasteiger partial charge in [-0.25, -0.2) is 4.39 Å². The van der Waals surface area contributed by atoms with Gasteiger partial charge in [-0.2, -0.15) is 0 Å². The molecule has 0 amide bonds. The van der Waals surface area contributed by atoms with Gasteiger partial charge < -0.3 is 4.98 Å². The Bertz CT molecular complexity index is 670. The van der Waals surface area contributed by atoms with Gasteiger partial charge in [0.25, 0.3) is 0 Å². The van der Waals surface area contributed by atoms with Gasteiger partial charge in [-0.1, -0.05) is 18.2 Å². The topological polar surface area (TPSA) is 15.8 Å². The molecule has 2 aromatic carbocycles. The zero-order valence-electron chi connectivity index (χ0n) is 8.87. The van der Waals surface area contributed by atoms with Crippen molar-refractivity contribution in [2.45, 2.75) is 0 Å². The normalized spacial score (nSPS) is 10.9. The lowest BCUT2D eigenvalue weighted by atomic mass is 10.1. The molecule has 0 fully saturated rings. The van der Waals surface area contributed by atoms with Gasteiger partial charge in [-0.15, -0.1) is 0 Å². The third-order valence-corrected chi connectivity index (χ3v) is 3.60. The van der Waals surface area contributed by atoms with Crippen LogP contribution in [0.5, 0.6) is 0 Å². The number of aromatic amines is 1. The maximum atomic E-state index is 12.9. The summed E-state index contributed by atoms with van der Waals surface area (Å²) in [5.74, 6) is -0.221. The molecule has 1 N–H and O–H groups in total. The molecule has 0 atom stereocenters. The minimum Gasteiger partial charge on any atom is -0.354 e. The highest BCUT2D eigenvalue weighted by atomic mass is 79.9. The SMILES string of the molecule is Fc1ccc(-c2[nH]c3ccccc3c2Br)cc1. The van der Waals surface area contributed by atoms with E-state index in [1.165, 1.54) is 12.1 Å². The van der Waals surface area contributed by atoms with Crippen LogP contribution in [0.1, 0.15) is 0 Å². The summed E-state index contributed by atoms with van der Waals surface area (Å²) in [5.41, 5.74) is 3.01. The summed E-state index contributed by atoms with van der Waals surface area (Å²) >= 11 is 3.58. The van der Waals surface area contributed by atoms with Crippen LogP contribution in [-0.2, 0) is 0 Å². The molecule has 0 saturated carbocycles. The molecule has 1 heterocycles. The molecule has 0 aliphatic rings. The molecule has 3 aromatic rings. The molecule has 0 radical (unpaired) electrons. The molecule has 0 aliphatic carbocycles. The number of rotatable bonds is 1. The third-order valence-electron chi connectivity index (χ3n) is 2.78. The Hall–Kier alpha value is -1.61. The molecule has 1 aromatic heterocycles. The summed E-state index contributed by atoms with van der Waals surface area (Å²) in [6.07, 6.45) is 0. The van der Waals surface area contributed by atoms with Crippen molar-refractivity contribution in [2.75, 3.05) is 0 Å². The van der Waals surface area contributed by atoms with E-state index in [9.17, 15) is 4.39 Å². The van der Waals surface area contributed by atoms with Crippen LogP contribution in [-0.4, -0.2) is 4.98 Å². The van der Waals surface area contributed by atoms with E-state index < -0.39 is 0 Å². The van der Waals surface area contributed by atoms with E-state index >= 15 is 0 Å². The van der Waals surface area contributed by atoms with Crippen molar-refractivity contribution in [3.8, 4) is 11.3 Å².